The maximum absolute atomic E-state index is 12.3. The standard InChI is InChI=1S/C14H15N3O5S/c1-17-8-12(7-15-17)23(19,20)16-10-14(18,11-4-6-21-9-11)13-3-2-5-22-13/h2-9,16,18H,10H2,1H3/t14-/m0/s1. The molecular weight excluding hydrogens is 322 g/mol. The Kier molecular flexibility index (Phi) is 3.84. The van der Waals surface area contributed by atoms with Gasteiger partial charge in [-0.05, 0) is 18.2 Å². The molecule has 0 bridgehead atoms. The van der Waals surface area contributed by atoms with Crippen LogP contribution in [0.5, 0.6) is 0 Å². The Morgan fingerprint density at radius 2 is 2.22 bits per heavy atom. The van der Waals surface area contributed by atoms with E-state index in [1.54, 1.807) is 25.2 Å². The summed E-state index contributed by atoms with van der Waals surface area (Å²) in [6.07, 6.45) is 6.72. The van der Waals surface area contributed by atoms with Gasteiger partial charge in [0.2, 0.25) is 10.0 Å². The molecule has 0 aliphatic rings. The summed E-state index contributed by atoms with van der Waals surface area (Å²) in [5, 5.41) is 14.8. The molecule has 0 saturated heterocycles. The first-order chi connectivity index (χ1) is 10.9. The number of hydrogen-bond acceptors (Lipinski definition) is 6. The molecule has 0 radical (unpaired) electrons. The maximum atomic E-state index is 12.3. The molecule has 122 valence electrons. The van der Waals surface area contributed by atoms with Crippen molar-refractivity contribution in [2.45, 2.75) is 10.5 Å². The van der Waals surface area contributed by atoms with E-state index in [9.17, 15) is 13.5 Å². The largest absolute Gasteiger partial charge is 0.472 e. The molecule has 3 rings (SSSR count). The van der Waals surface area contributed by atoms with E-state index in [0.717, 1.165) is 0 Å². The summed E-state index contributed by atoms with van der Waals surface area (Å²) in [5.74, 6) is 0.202. The molecule has 0 spiro atoms. The van der Waals surface area contributed by atoms with Gasteiger partial charge < -0.3 is 13.9 Å². The van der Waals surface area contributed by atoms with Gasteiger partial charge in [0.25, 0.3) is 0 Å². The highest BCUT2D eigenvalue weighted by Crippen LogP contribution is 2.30. The molecule has 0 saturated carbocycles. The first kappa shape index (κ1) is 15.5. The highest BCUT2D eigenvalue weighted by molar-refractivity contribution is 7.89. The van der Waals surface area contributed by atoms with Gasteiger partial charge in [-0.2, -0.15) is 5.10 Å². The summed E-state index contributed by atoms with van der Waals surface area (Å²) >= 11 is 0. The topological polar surface area (TPSA) is 110 Å². The molecule has 8 nitrogen and oxygen atoms in total. The lowest BCUT2D eigenvalue weighted by atomic mass is 9.94. The van der Waals surface area contributed by atoms with Gasteiger partial charge in [-0.15, -0.1) is 0 Å². The fourth-order valence-electron chi connectivity index (χ4n) is 2.17. The minimum atomic E-state index is -3.82. The van der Waals surface area contributed by atoms with E-state index in [2.05, 4.69) is 9.82 Å². The highest BCUT2D eigenvalue weighted by atomic mass is 32.2. The average Bonchev–Trinajstić information content (AvgIpc) is 3.25. The first-order valence-electron chi connectivity index (χ1n) is 6.69. The van der Waals surface area contributed by atoms with E-state index in [-0.39, 0.29) is 17.2 Å². The lowest BCUT2D eigenvalue weighted by molar-refractivity contribution is 0.0613. The predicted octanol–water partition coefficient (Wildman–Crippen LogP) is 0.821. The minimum absolute atomic E-state index is 0.00832. The van der Waals surface area contributed by atoms with Crippen LogP contribution in [0.25, 0.3) is 0 Å². The second kappa shape index (κ2) is 5.69. The van der Waals surface area contributed by atoms with Crippen molar-refractivity contribution in [3.8, 4) is 0 Å². The Bertz CT molecular complexity index is 831. The lowest BCUT2D eigenvalue weighted by Crippen LogP contribution is -2.41. The van der Waals surface area contributed by atoms with E-state index >= 15 is 0 Å². The number of aryl methyl sites for hydroxylation is 1. The van der Waals surface area contributed by atoms with Crippen molar-refractivity contribution in [1.82, 2.24) is 14.5 Å². The maximum Gasteiger partial charge on any atom is 0.243 e. The SMILES string of the molecule is Cn1cc(S(=O)(=O)NC[C@](O)(c2ccoc2)c2ccco2)cn1. The van der Waals surface area contributed by atoms with Crippen molar-refractivity contribution in [3.63, 3.8) is 0 Å². The van der Waals surface area contributed by atoms with Crippen molar-refractivity contribution in [3.05, 3.63) is 60.7 Å². The Morgan fingerprint density at radius 3 is 2.78 bits per heavy atom. The van der Waals surface area contributed by atoms with E-state index in [1.165, 1.54) is 35.9 Å². The van der Waals surface area contributed by atoms with E-state index in [0.29, 0.717) is 5.56 Å². The van der Waals surface area contributed by atoms with Crippen molar-refractivity contribution in [2.75, 3.05) is 6.54 Å². The summed E-state index contributed by atoms with van der Waals surface area (Å²) in [4.78, 5) is 0.00832. The summed E-state index contributed by atoms with van der Waals surface area (Å²) in [5.41, 5.74) is -1.31. The van der Waals surface area contributed by atoms with Gasteiger partial charge >= 0.3 is 0 Å². The Balaban J connectivity index is 1.89. The molecule has 23 heavy (non-hydrogen) atoms. The molecule has 3 heterocycles. The van der Waals surface area contributed by atoms with Crippen LogP contribution in [0.4, 0.5) is 0 Å². The zero-order valence-corrected chi connectivity index (χ0v) is 13.0. The van der Waals surface area contributed by atoms with Crippen LogP contribution < -0.4 is 4.72 Å². The molecule has 3 aromatic rings. The zero-order chi connectivity index (χ0) is 16.5. The van der Waals surface area contributed by atoms with Gasteiger partial charge in [-0.3, -0.25) is 4.68 Å². The monoisotopic (exact) mass is 337 g/mol. The third kappa shape index (κ3) is 2.93. The van der Waals surface area contributed by atoms with Crippen molar-refractivity contribution < 1.29 is 22.4 Å². The molecule has 0 aliphatic carbocycles. The third-order valence-electron chi connectivity index (χ3n) is 3.44. The van der Waals surface area contributed by atoms with Crippen molar-refractivity contribution in [2.24, 2.45) is 7.05 Å². The van der Waals surface area contributed by atoms with Crippen molar-refractivity contribution >= 4 is 10.0 Å². The molecule has 1 atom stereocenters. The van der Waals surface area contributed by atoms with E-state index in [1.807, 2.05) is 0 Å². The number of aromatic nitrogens is 2. The highest BCUT2D eigenvalue weighted by Gasteiger charge is 2.37. The second-order valence-corrected chi connectivity index (χ2v) is 6.79. The fourth-order valence-corrected chi connectivity index (χ4v) is 3.21. The summed E-state index contributed by atoms with van der Waals surface area (Å²) in [6.45, 7) is -0.322. The number of furan rings is 2. The summed E-state index contributed by atoms with van der Waals surface area (Å²) < 4.78 is 38.6. The molecule has 2 N–H and O–H groups in total. The van der Waals surface area contributed by atoms with Gasteiger partial charge in [0.1, 0.15) is 10.7 Å². The second-order valence-electron chi connectivity index (χ2n) is 5.02. The van der Waals surface area contributed by atoms with Crippen LogP contribution in [0.1, 0.15) is 11.3 Å². The third-order valence-corrected chi connectivity index (χ3v) is 4.79. The number of nitrogens with zero attached hydrogens (tertiary/aromatic N) is 2. The number of hydrogen-bond donors (Lipinski definition) is 2. The average molecular weight is 337 g/mol. The lowest BCUT2D eigenvalue weighted by Gasteiger charge is -2.24. The molecular formula is C14H15N3O5S. The van der Waals surface area contributed by atoms with Gasteiger partial charge in [0.15, 0.2) is 5.60 Å². The normalized spacial score (nSPS) is 14.7. The summed E-state index contributed by atoms with van der Waals surface area (Å²) in [6, 6.07) is 4.71. The molecule has 0 amide bonds. The molecule has 0 aliphatic heterocycles. The van der Waals surface area contributed by atoms with Crippen LogP contribution in [0.3, 0.4) is 0 Å². The molecule has 9 heteroatoms. The Labute approximate surface area is 132 Å². The Morgan fingerprint density at radius 1 is 1.39 bits per heavy atom. The molecule has 0 aromatic carbocycles. The van der Waals surface area contributed by atoms with Gasteiger partial charge in [0, 0.05) is 18.8 Å². The van der Waals surface area contributed by atoms with Crippen LogP contribution in [0, 0.1) is 0 Å². The van der Waals surface area contributed by atoms with Crippen LogP contribution in [0.2, 0.25) is 0 Å². The van der Waals surface area contributed by atoms with Gasteiger partial charge in [0.05, 0.1) is 31.5 Å². The van der Waals surface area contributed by atoms with Gasteiger partial charge in [-0.1, -0.05) is 0 Å². The van der Waals surface area contributed by atoms with E-state index < -0.39 is 15.6 Å². The van der Waals surface area contributed by atoms with Gasteiger partial charge in [-0.25, -0.2) is 13.1 Å². The fraction of sp³-hybridized carbons (Fsp3) is 0.214. The quantitative estimate of drug-likeness (QED) is 0.689. The molecule has 3 aromatic heterocycles. The Hall–Kier alpha value is -2.36. The number of aliphatic hydroxyl groups is 1. The zero-order valence-electron chi connectivity index (χ0n) is 12.2. The smallest absolute Gasteiger partial charge is 0.243 e. The molecule has 0 fully saturated rings. The number of nitrogens with one attached hydrogen (secondary N) is 1. The number of sulfonamides is 1. The van der Waals surface area contributed by atoms with Crippen LogP contribution in [0.15, 0.2) is 63.1 Å². The predicted molar refractivity (Wildman–Crippen MR) is 78.8 cm³/mol. The van der Waals surface area contributed by atoms with E-state index in [4.69, 9.17) is 8.83 Å². The first-order valence-corrected chi connectivity index (χ1v) is 8.17. The van der Waals surface area contributed by atoms with Crippen LogP contribution in [-0.2, 0) is 22.7 Å². The van der Waals surface area contributed by atoms with Crippen LogP contribution >= 0.6 is 0 Å². The number of rotatable bonds is 6. The van der Waals surface area contributed by atoms with Crippen LogP contribution in [-0.4, -0.2) is 29.8 Å². The molecule has 0 unspecified atom stereocenters. The minimum Gasteiger partial charge on any atom is -0.472 e. The van der Waals surface area contributed by atoms with Crippen molar-refractivity contribution in [1.29, 1.82) is 0 Å². The summed E-state index contributed by atoms with van der Waals surface area (Å²) in [7, 11) is -2.21.